The van der Waals surface area contributed by atoms with Gasteiger partial charge in [-0.3, -0.25) is 4.40 Å². The summed E-state index contributed by atoms with van der Waals surface area (Å²) < 4.78 is 2.37. The summed E-state index contributed by atoms with van der Waals surface area (Å²) in [5.41, 5.74) is 15.8. The summed E-state index contributed by atoms with van der Waals surface area (Å²) >= 11 is 0. The maximum Gasteiger partial charge on any atom is 0.146 e. The number of hydrogen-bond donors (Lipinski definition) is 0. The van der Waals surface area contributed by atoms with Gasteiger partial charge in [-0.15, -0.1) is 0 Å². The Labute approximate surface area is 202 Å². The molecule has 0 amide bonds. The number of hydrogen-bond acceptors (Lipinski definition) is 1. The third kappa shape index (κ3) is 2.18. The molecule has 0 spiro atoms. The molecule has 0 atom stereocenters. The number of para-hydroxylation sites is 1. The van der Waals surface area contributed by atoms with Gasteiger partial charge in [-0.25, -0.2) is 4.98 Å². The molecule has 0 saturated carbocycles. The first-order valence-electron chi connectivity index (χ1n) is 12.3. The van der Waals surface area contributed by atoms with E-state index in [0.29, 0.717) is 0 Å². The number of rotatable bonds is 0. The molecule has 9 rings (SSSR count). The average Bonchev–Trinajstić information content (AvgIpc) is 3.58. The molecule has 0 bridgehead atoms. The molecule has 35 heavy (non-hydrogen) atoms. The fourth-order valence-electron chi connectivity index (χ4n) is 6.68. The van der Waals surface area contributed by atoms with Gasteiger partial charge in [0.2, 0.25) is 0 Å². The predicted molar refractivity (Wildman–Crippen MR) is 144 cm³/mol. The molecule has 2 aliphatic rings. The van der Waals surface area contributed by atoms with Crippen molar-refractivity contribution in [3.63, 3.8) is 0 Å². The van der Waals surface area contributed by atoms with E-state index in [1.807, 2.05) is 0 Å². The Kier molecular flexibility index (Phi) is 3.16. The van der Waals surface area contributed by atoms with E-state index in [2.05, 4.69) is 101 Å². The summed E-state index contributed by atoms with van der Waals surface area (Å²) in [7, 11) is 0. The van der Waals surface area contributed by atoms with Crippen LogP contribution in [0.1, 0.15) is 22.3 Å². The zero-order valence-corrected chi connectivity index (χ0v) is 19.0. The van der Waals surface area contributed by atoms with Crippen LogP contribution in [0.15, 0.2) is 97.1 Å². The van der Waals surface area contributed by atoms with Gasteiger partial charge in [0.05, 0.1) is 16.6 Å². The Bertz CT molecular complexity index is 2060. The summed E-state index contributed by atoms with van der Waals surface area (Å²) in [6, 6.07) is 35.8. The standard InChI is InChI=1S/C33H20N2/c1-2-8-23-19(7-1)15-21-18-28-22(17-27(21)23)16-20-13-14-30-32(31(20)28)34-33-26-11-4-3-9-24(26)25-10-5-6-12-29(25)35(30)33/h1-14,17-18H,15-16H2. The normalized spacial score (nSPS) is 13.5. The van der Waals surface area contributed by atoms with Gasteiger partial charge in [0.15, 0.2) is 0 Å². The van der Waals surface area contributed by atoms with Gasteiger partial charge in [0, 0.05) is 16.3 Å². The Hall–Kier alpha value is -4.43. The summed E-state index contributed by atoms with van der Waals surface area (Å²) in [6.45, 7) is 0. The van der Waals surface area contributed by atoms with Gasteiger partial charge in [0.1, 0.15) is 5.65 Å². The second-order valence-corrected chi connectivity index (χ2v) is 9.98. The topological polar surface area (TPSA) is 17.3 Å². The molecule has 0 radical (unpaired) electrons. The summed E-state index contributed by atoms with van der Waals surface area (Å²) in [6.07, 6.45) is 2.00. The Morgan fingerprint density at radius 1 is 0.514 bits per heavy atom. The molecule has 0 unspecified atom stereocenters. The highest BCUT2D eigenvalue weighted by atomic mass is 15.0. The van der Waals surface area contributed by atoms with Crippen molar-refractivity contribution in [1.29, 1.82) is 0 Å². The molecular weight excluding hydrogens is 424 g/mol. The highest BCUT2D eigenvalue weighted by Crippen LogP contribution is 2.47. The Balaban J connectivity index is 1.40. The van der Waals surface area contributed by atoms with Crippen LogP contribution in [-0.4, -0.2) is 9.38 Å². The second kappa shape index (κ2) is 6.17. The first-order valence-corrected chi connectivity index (χ1v) is 12.3. The lowest BCUT2D eigenvalue weighted by Gasteiger charge is -2.09. The Morgan fingerprint density at radius 2 is 1.23 bits per heavy atom. The van der Waals surface area contributed by atoms with Crippen molar-refractivity contribution in [3.05, 3.63) is 119 Å². The zero-order chi connectivity index (χ0) is 22.7. The fourth-order valence-corrected chi connectivity index (χ4v) is 6.68. The number of nitrogens with zero attached hydrogens (tertiary/aromatic N) is 2. The van der Waals surface area contributed by atoms with Crippen LogP contribution in [0.3, 0.4) is 0 Å². The van der Waals surface area contributed by atoms with Crippen LogP contribution < -0.4 is 0 Å². The average molecular weight is 445 g/mol. The van der Waals surface area contributed by atoms with E-state index >= 15 is 0 Å². The summed E-state index contributed by atoms with van der Waals surface area (Å²) in [5.74, 6) is 0. The largest absolute Gasteiger partial charge is 0.292 e. The van der Waals surface area contributed by atoms with Crippen LogP contribution >= 0.6 is 0 Å². The van der Waals surface area contributed by atoms with Crippen LogP contribution in [0.4, 0.5) is 0 Å². The molecular formula is C33H20N2. The van der Waals surface area contributed by atoms with Crippen LogP contribution in [-0.2, 0) is 12.8 Å². The molecule has 0 aliphatic heterocycles. The molecule has 7 aromatic rings. The lowest BCUT2D eigenvalue weighted by Crippen LogP contribution is -1.91. The van der Waals surface area contributed by atoms with Gasteiger partial charge in [-0.05, 0) is 81.4 Å². The first kappa shape index (κ1) is 18.0. The van der Waals surface area contributed by atoms with E-state index in [1.54, 1.807) is 0 Å². The van der Waals surface area contributed by atoms with Crippen molar-refractivity contribution >= 4 is 38.4 Å². The molecule has 2 aliphatic carbocycles. The van der Waals surface area contributed by atoms with Crippen LogP contribution in [0, 0.1) is 0 Å². The van der Waals surface area contributed by atoms with E-state index in [4.69, 9.17) is 4.98 Å². The van der Waals surface area contributed by atoms with E-state index in [-0.39, 0.29) is 0 Å². The predicted octanol–water partition coefficient (Wildman–Crippen LogP) is 7.94. The van der Waals surface area contributed by atoms with Crippen molar-refractivity contribution in [3.8, 4) is 22.3 Å². The molecule has 0 fully saturated rings. The number of imidazole rings is 1. The quantitative estimate of drug-likeness (QED) is 0.217. The molecule has 2 nitrogen and oxygen atoms in total. The van der Waals surface area contributed by atoms with E-state index < -0.39 is 0 Å². The van der Waals surface area contributed by atoms with Gasteiger partial charge in [0.25, 0.3) is 0 Å². The third-order valence-electron chi connectivity index (χ3n) is 8.18. The molecule has 2 heterocycles. The van der Waals surface area contributed by atoms with Crippen molar-refractivity contribution in [2.45, 2.75) is 12.8 Å². The van der Waals surface area contributed by atoms with Crippen LogP contribution in [0.25, 0.3) is 60.6 Å². The molecule has 162 valence electrons. The molecule has 5 aromatic carbocycles. The van der Waals surface area contributed by atoms with Crippen molar-refractivity contribution in [1.82, 2.24) is 9.38 Å². The van der Waals surface area contributed by atoms with Crippen molar-refractivity contribution in [2.24, 2.45) is 0 Å². The Morgan fingerprint density at radius 3 is 2.17 bits per heavy atom. The smallest absolute Gasteiger partial charge is 0.146 e. The second-order valence-electron chi connectivity index (χ2n) is 9.98. The highest BCUT2D eigenvalue weighted by molar-refractivity contribution is 6.15. The van der Waals surface area contributed by atoms with Gasteiger partial charge >= 0.3 is 0 Å². The minimum atomic E-state index is 0.978. The zero-order valence-electron chi connectivity index (χ0n) is 19.0. The van der Waals surface area contributed by atoms with Gasteiger partial charge < -0.3 is 0 Å². The number of aromatic nitrogens is 2. The monoisotopic (exact) mass is 444 g/mol. The highest BCUT2D eigenvalue weighted by Gasteiger charge is 2.28. The SMILES string of the molecule is c1ccc2c(c1)Cc1cc3c(cc1-2)Cc1ccc2c(nc4c5ccccc5c5ccccc5n24)c1-3. The van der Waals surface area contributed by atoms with Crippen LogP contribution in [0.2, 0.25) is 0 Å². The van der Waals surface area contributed by atoms with Crippen molar-refractivity contribution < 1.29 is 0 Å². The lowest BCUT2D eigenvalue weighted by molar-refractivity contribution is 1.24. The molecule has 0 N–H and O–H groups in total. The number of fused-ring (bicyclic) bond motifs is 15. The lowest BCUT2D eigenvalue weighted by atomic mass is 9.97. The molecule has 2 aromatic heterocycles. The van der Waals surface area contributed by atoms with E-state index in [9.17, 15) is 0 Å². The minimum absolute atomic E-state index is 0.978. The minimum Gasteiger partial charge on any atom is -0.292 e. The van der Waals surface area contributed by atoms with E-state index in [0.717, 1.165) is 24.0 Å². The van der Waals surface area contributed by atoms with Crippen molar-refractivity contribution in [2.75, 3.05) is 0 Å². The number of benzene rings is 5. The molecule has 2 heteroatoms. The van der Waals surface area contributed by atoms with E-state index in [1.165, 1.54) is 71.7 Å². The maximum atomic E-state index is 5.36. The summed E-state index contributed by atoms with van der Waals surface area (Å²) in [4.78, 5) is 5.36. The van der Waals surface area contributed by atoms with Crippen LogP contribution in [0.5, 0.6) is 0 Å². The summed E-state index contributed by atoms with van der Waals surface area (Å²) in [5, 5.41) is 3.74. The third-order valence-corrected chi connectivity index (χ3v) is 8.18. The fraction of sp³-hybridized carbons (Fsp3) is 0.0606. The van der Waals surface area contributed by atoms with Gasteiger partial charge in [-0.1, -0.05) is 72.8 Å². The van der Waals surface area contributed by atoms with Gasteiger partial charge in [-0.2, -0.15) is 0 Å². The molecule has 0 saturated heterocycles. The maximum absolute atomic E-state index is 5.36. The number of pyridine rings is 1. The first-order chi connectivity index (χ1) is 17.3.